The fourth-order valence-electron chi connectivity index (χ4n) is 2.20. The summed E-state index contributed by atoms with van der Waals surface area (Å²) in [6, 6.07) is 0. The number of hydrogen-bond donors (Lipinski definition) is 1. The average Bonchev–Trinajstić information content (AvgIpc) is 2.83. The molecule has 0 spiro atoms. The third-order valence-corrected chi connectivity index (χ3v) is 3.39. The number of carboxylic acids is 1. The minimum atomic E-state index is -0.770. The third kappa shape index (κ3) is 4.61. The fraction of sp³-hybridized carbons (Fsp3) is 0.846. The first kappa shape index (κ1) is 15.6. The van der Waals surface area contributed by atoms with E-state index in [1.54, 1.807) is 11.6 Å². The molecule has 1 N–H and O–H groups in total. The maximum Gasteiger partial charge on any atom is 0.306 e. The number of carboxylic acid groups (broad SMARTS) is 1. The van der Waals surface area contributed by atoms with Crippen LogP contribution in [0.5, 0.6) is 0 Å². The molecule has 0 fully saturated rings. The van der Waals surface area contributed by atoms with Gasteiger partial charge in [-0.15, -0.1) is 5.10 Å². The molecule has 0 aliphatic carbocycles. The van der Waals surface area contributed by atoms with Crippen LogP contribution in [0.4, 0.5) is 0 Å². The minimum Gasteiger partial charge on any atom is -0.481 e. The lowest BCUT2D eigenvalue weighted by molar-refractivity contribution is -0.141. The number of aromatic nitrogens is 4. The Bertz CT molecular complexity index is 386. The van der Waals surface area contributed by atoms with Gasteiger partial charge in [0.2, 0.25) is 0 Å². The Morgan fingerprint density at radius 1 is 1.26 bits per heavy atom. The van der Waals surface area contributed by atoms with E-state index in [0.717, 1.165) is 31.5 Å². The number of nitrogens with zero attached hydrogens (tertiary/aromatic N) is 4. The molecular formula is C13H24N4O2. The second kappa shape index (κ2) is 7.86. The topological polar surface area (TPSA) is 80.9 Å². The second-order valence-electron chi connectivity index (χ2n) is 5.06. The molecule has 19 heavy (non-hydrogen) atoms. The van der Waals surface area contributed by atoms with E-state index in [-0.39, 0.29) is 5.92 Å². The Hall–Kier alpha value is -1.46. The molecule has 0 bridgehead atoms. The van der Waals surface area contributed by atoms with Crippen molar-refractivity contribution in [1.29, 1.82) is 0 Å². The summed E-state index contributed by atoms with van der Waals surface area (Å²) in [5.74, 6) is 0.146. The average molecular weight is 268 g/mol. The fourth-order valence-corrected chi connectivity index (χ4v) is 2.20. The number of hydrogen-bond acceptors (Lipinski definition) is 4. The summed E-state index contributed by atoms with van der Waals surface area (Å²) < 4.78 is 1.77. The highest BCUT2D eigenvalue weighted by atomic mass is 16.4. The van der Waals surface area contributed by atoms with Gasteiger partial charge in [-0.1, -0.05) is 33.6 Å². The number of aryl methyl sites for hydroxylation is 1. The van der Waals surface area contributed by atoms with Crippen LogP contribution in [-0.4, -0.2) is 31.3 Å². The third-order valence-electron chi connectivity index (χ3n) is 3.39. The number of rotatable bonds is 9. The van der Waals surface area contributed by atoms with Gasteiger partial charge >= 0.3 is 5.97 Å². The van der Waals surface area contributed by atoms with Crippen molar-refractivity contribution in [1.82, 2.24) is 20.2 Å². The van der Waals surface area contributed by atoms with Gasteiger partial charge in [0.15, 0.2) is 5.82 Å². The van der Waals surface area contributed by atoms with Crippen LogP contribution < -0.4 is 0 Å². The Morgan fingerprint density at radius 3 is 2.42 bits per heavy atom. The van der Waals surface area contributed by atoms with Gasteiger partial charge < -0.3 is 5.11 Å². The van der Waals surface area contributed by atoms with Gasteiger partial charge in [0, 0.05) is 12.5 Å². The summed E-state index contributed by atoms with van der Waals surface area (Å²) >= 11 is 0. The van der Waals surface area contributed by atoms with Crippen molar-refractivity contribution in [2.24, 2.45) is 5.92 Å². The van der Waals surface area contributed by atoms with E-state index in [0.29, 0.717) is 18.9 Å². The standard InChI is InChI=1S/C13H24N4O2/c1-4-6-11(7-5-2)12-14-15-16-17(12)9-8-10(3)13(18)19/h10-11H,4-9H2,1-3H3,(H,18,19). The molecule has 1 rings (SSSR count). The number of carbonyl (C=O) groups is 1. The van der Waals surface area contributed by atoms with E-state index in [9.17, 15) is 4.79 Å². The van der Waals surface area contributed by atoms with E-state index in [1.807, 2.05) is 0 Å². The Labute approximate surface area is 114 Å². The minimum absolute atomic E-state index is 0.368. The molecular weight excluding hydrogens is 244 g/mol. The molecule has 1 unspecified atom stereocenters. The van der Waals surface area contributed by atoms with Gasteiger partial charge in [0.25, 0.3) is 0 Å². The molecule has 0 aliphatic rings. The number of aliphatic carboxylic acids is 1. The van der Waals surface area contributed by atoms with Gasteiger partial charge in [-0.2, -0.15) is 0 Å². The lowest BCUT2D eigenvalue weighted by Gasteiger charge is -2.15. The second-order valence-corrected chi connectivity index (χ2v) is 5.06. The van der Waals surface area contributed by atoms with E-state index >= 15 is 0 Å². The summed E-state index contributed by atoms with van der Waals surface area (Å²) in [5.41, 5.74) is 0. The van der Waals surface area contributed by atoms with E-state index in [4.69, 9.17) is 5.11 Å². The van der Waals surface area contributed by atoms with Crippen molar-refractivity contribution in [2.75, 3.05) is 0 Å². The van der Waals surface area contributed by atoms with Crippen molar-refractivity contribution >= 4 is 5.97 Å². The van der Waals surface area contributed by atoms with E-state index < -0.39 is 5.97 Å². The van der Waals surface area contributed by atoms with Gasteiger partial charge in [-0.25, -0.2) is 4.68 Å². The van der Waals surface area contributed by atoms with Gasteiger partial charge in [-0.3, -0.25) is 4.79 Å². The highest BCUT2D eigenvalue weighted by Gasteiger charge is 2.19. The molecule has 108 valence electrons. The maximum atomic E-state index is 10.8. The largest absolute Gasteiger partial charge is 0.481 e. The molecule has 0 amide bonds. The quantitative estimate of drug-likeness (QED) is 0.744. The van der Waals surface area contributed by atoms with Crippen LogP contribution in [0.3, 0.4) is 0 Å². The molecule has 1 heterocycles. The highest BCUT2D eigenvalue weighted by molar-refractivity contribution is 5.69. The van der Waals surface area contributed by atoms with Gasteiger partial charge in [0.1, 0.15) is 0 Å². The summed E-state index contributed by atoms with van der Waals surface area (Å²) in [5, 5.41) is 20.8. The lowest BCUT2D eigenvalue weighted by atomic mass is 9.97. The highest BCUT2D eigenvalue weighted by Crippen LogP contribution is 2.24. The first-order valence-corrected chi connectivity index (χ1v) is 7.08. The predicted molar refractivity (Wildman–Crippen MR) is 71.8 cm³/mol. The van der Waals surface area contributed by atoms with E-state index in [2.05, 4.69) is 29.4 Å². The summed E-state index contributed by atoms with van der Waals surface area (Å²) in [7, 11) is 0. The molecule has 6 nitrogen and oxygen atoms in total. The van der Waals surface area contributed by atoms with Crippen molar-refractivity contribution in [3.63, 3.8) is 0 Å². The smallest absolute Gasteiger partial charge is 0.306 e. The zero-order valence-electron chi connectivity index (χ0n) is 12.0. The molecule has 0 saturated heterocycles. The molecule has 0 aromatic carbocycles. The molecule has 0 radical (unpaired) electrons. The number of tetrazole rings is 1. The van der Waals surface area contributed by atoms with Crippen LogP contribution in [0.1, 0.15) is 64.6 Å². The molecule has 0 aliphatic heterocycles. The van der Waals surface area contributed by atoms with Crippen LogP contribution in [-0.2, 0) is 11.3 Å². The molecule has 1 aromatic heterocycles. The van der Waals surface area contributed by atoms with Gasteiger partial charge in [0.05, 0.1) is 5.92 Å². The molecule has 6 heteroatoms. The zero-order valence-corrected chi connectivity index (χ0v) is 12.0. The molecule has 1 aromatic rings. The predicted octanol–water partition coefficient (Wildman–Crippen LogP) is 2.47. The first-order chi connectivity index (χ1) is 9.10. The Balaban J connectivity index is 2.69. The van der Waals surface area contributed by atoms with Gasteiger partial charge in [-0.05, 0) is 29.7 Å². The molecule has 0 saturated carbocycles. The Kier molecular flexibility index (Phi) is 6.45. The normalized spacial score (nSPS) is 12.8. The zero-order chi connectivity index (χ0) is 14.3. The van der Waals surface area contributed by atoms with Crippen molar-refractivity contribution in [3.05, 3.63) is 5.82 Å². The first-order valence-electron chi connectivity index (χ1n) is 7.08. The maximum absolute atomic E-state index is 10.8. The van der Waals surface area contributed by atoms with Crippen molar-refractivity contribution in [3.8, 4) is 0 Å². The van der Waals surface area contributed by atoms with Crippen LogP contribution in [0, 0.1) is 5.92 Å². The lowest BCUT2D eigenvalue weighted by Crippen LogP contribution is -2.16. The van der Waals surface area contributed by atoms with Crippen LogP contribution in [0.25, 0.3) is 0 Å². The van der Waals surface area contributed by atoms with Crippen LogP contribution in [0.15, 0.2) is 0 Å². The van der Waals surface area contributed by atoms with E-state index in [1.165, 1.54) is 0 Å². The summed E-state index contributed by atoms with van der Waals surface area (Å²) in [6.45, 7) is 6.59. The summed E-state index contributed by atoms with van der Waals surface area (Å²) in [4.78, 5) is 10.8. The van der Waals surface area contributed by atoms with Crippen molar-refractivity contribution in [2.45, 2.75) is 65.3 Å². The SMILES string of the molecule is CCCC(CCC)c1nnnn1CCC(C)C(=O)O. The summed E-state index contributed by atoms with van der Waals surface area (Å²) in [6.07, 6.45) is 4.90. The Morgan fingerprint density at radius 2 is 1.89 bits per heavy atom. The molecule has 1 atom stereocenters. The van der Waals surface area contributed by atoms with Crippen LogP contribution in [0.2, 0.25) is 0 Å². The van der Waals surface area contributed by atoms with Crippen LogP contribution >= 0.6 is 0 Å². The monoisotopic (exact) mass is 268 g/mol. The van der Waals surface area contributed by atoms with Crippen molar-refractivity contribution < 1.29 is 9.90 Å².